The van der Waals surface area contributed by atoms with Crippen molar-refractivity contribution in [2.24, 2.45) is 0 Å². The van der Waals surface area contributed by atoms with Crippen molar-refractivity contribution in [2.45, 2.75) is 57.8 Å². The van der Waals surface area contributed by atoms with Gasteiger partial charge in [-0.1, -0.05) is 272 Å². The highest BCUT2D eigenvalue weighted by Gasteiger charge is 2.46. The van der Waals surface area contributed by atoms with Gasteiger partial charge in [-0.25, -0.2) is 0 Å². The Morgan fingerprint density at radius 2 is 0.852 bits per heavy atom. The molecule has 1 aliphatic rings. The highest BCUT2D eigenvalue weighted by Crippen LogP contribution is 2.58. The van der Waals surface area contributed by atoms with Crippen LogP contribution in [-0.2, 0) is 16.2 Å². The minimum Gasteiger partial charge on any atom is -0.309 e. The molecule has 390 valence electrons. The first kappa shape index (κ1) is 49.8. The second-order valence-corrected chi connectivity index (χ2v) is 24.1. The Hall–Kier alpha value is -9.50. The Morgan fingerprint density at radius 1 is 0.333 bits per heavy atom. The molecule has 0 fully saturated rings. The van der Waals surface area contributed by atoms with E-state index in [2.05, 4.69) is 330 Å². The van der Waals surface area contributed by atoms with E-state index < -0.39 is 5.41 Å². The maximum absolute atomic E-state index is 2.54. The molecule has 0 radical (unpaired) electrons. The predicted molar refractivity (Wildman–Crippen MR) is 344 cm³/mol. The SMILES string of the molecule is CC(C)(C)c1cc(-c2cccc3cccc(-c4ccccc4N(c4ccc5c6ccccc6n(-c6ccccc6)c5c4)c4ccccc4-c4ccc5c(c4)C(c4ccccc4)(c4ccccc4)c4ccccc4-5)c23)cc(C(C)(C)C)c1. The van der Waals surface area contributed by atoms with Crippen LogP contribution in [0.1, 0.15) is 74.9 Å². The van der Waals surface area contributed by atoms with Gasteiger partial charge in [-0.05, 0) is 137 Å². The fourth-order valence-corrected chi connectivity index (χ4v) is 13.2. The molecule has 1 aromatic heterocycles. The van der Waals surface area contributed by atoms with Gasteiger partial charge in [0, 0.05) is 33.3 Å². The number of hydrogen-bond donors (Lipinski definition) is 0. The number of nitrogens with zero attached hydrogens (tertiary/aromatic N) is 2. The van der Waals surface area contributed by atoms with Crippen LogP contribution in [0.5, 0.6) is 0 Å². The van der Waals surface area contributed by atoms with Crippen LogP contribution in [0.25, 0.3) is 82.8 Å². The summed E-state index contributed by atoms with van der Waals surface area (Å²) in [7, 11) is 0. The first-order valence-electron chi connectivity index (χ1n) is 28.6. The van der Waals surface area contributed by atoms with E-state index in [-0.39, 0.29) is 10.8 Å². The van der Waals surface area contributed by atoms with Gasteiger partial charge in [-0.15, -0.1) is 0 Å². The van der Waals surface area contributed by atoms with Gasteiger partial charge >= 0.3 is 0 Å². The van der Waals surface area contributed by atoms with Crippen molar-refractivity contribution in [3.05, 3.63) is 312 Å². The topological polar surface area (TPSA) is 8.17 Å². The molecule has 12 aromatic carbocycles. The molecule has 13 aromatic rings. The smallest absolute Gasteiger partial charge is 0.0713 e. The Balaban J connectivity index is 1.04. The number of rotatable bonds is 9. The molecule has 1 heterocycles. The maximum atomic E-state index is 2.54. The third kappa shape index (κ3) is 8.23. The van der Waals surface area contributed by atoms with E-state index in [1.54, 1.807) is 0 Å². The zero-order valence-electron chi connectivity index (χ0n) is 47.0. The molecule has 2 nitrogen and oxygen atoms in total. The largest absolute Gasteiger partial charge is 0.309 e. The summed E-state index contributed by atoms with van der Waals surface area (Å²) in [6, 6.07) is 104. The second-order valence-electron chi connectivity index (χ2n) is 24.1. The molecular weight excluding hydrogens is 977 g/mol. The van der Waals surface area contributed by atoms with Crippen LogP contribution in [0.3, 0.4) is 0 Å². The summed E-state index contributed by atoms with van der Waals surface area (Å²) in [6.07, 6.45) is 0. The average molecular weight is 1040 g/mol. The minimum absolute atomic E-state index is 0.0371. The predicted octanol–water partition coefficient (Wildman–Crippen LogP) is 21.4. The van der Waals surface area contributed by atoms with Gasteiger partial charge in [0.15, 0.2) is 0 Å². The summed E-state index contributed by atoms with van der Waals surface area (Å²) in [4.78, 5) is 2.54. The summed E-state index contributed by atoms with van der Waals surface area (Å²) in [6.45, 7) is 14.0. The molecule has 81 heavy (non-hydrogen) atoms. The standard InChI is InChI=1S/C79H64N2/c1-77(2,3)58-48-55(49-59(51-58)78(4,5)6)63-38-24-26-53-27-25-39-69(76(53)63)67-37-19-23-43-74(67)81(61-45-47-68-66-36-18-22-42-73(66)80(75(68)52-61)60-32-14-9-15-33-60)72-41-21-17-34-62(72)54-44-46-65-64-35-16-20-40-70(64)79(71(65)50-54,56-28-10-7-11-29-56)57-30-12-8-13-31-57/h7-52H,1-6H3. The van der Waals surface area contributed by atoms with Crippen molar-refractivity contribution < 1.29 is 0 Å². The lowest BCUT2D eigenvalue weighted by atomic mass is 9.67. The van der Waals surface area contributed by atoms with Crippen molar-refractivity contribution in [1.29, 1.82) is 0 Å². The third-order valence-corrected chi connectivity index (χ3v) is 17.2. The highest BCUT2D eigenvalue weighted by molar-refractivity contribution is 6.12. The van der Waals surface area contributed by atoms with E-state index in [0.29, 0.717) is 0 Å². The molecule has 0 N–H and O–H groups in total. The summed E-state index contributed by atoms with van der Waals surface area (Å²) >= 11 is 0. The van der Waals surface area contributed by atoms with Gasteiger partial charge in [-0.3, -0.25) is 0 Å². The van der Waals surface area contributed by atoms with E-state index in [1.807, 2.05) is 0 Å². The number of hydrogen-bond acceptors (Lipinski definition) is 1. The zero-order valence-corrected chi connectivity index (χ0v) is 47.0. The maximum Gasteiger partial charge on any atom is 0.0713 e. The number of para-hydroxylation sites is 4. The fourth-order valence-electron chi connectivity index (χ4n) is 13.2. The summed E-state index contributed by atoms with van der Waals surface area (Å²) in [5.41, 5.74) is 23.4. The first-order chi connectivity index (χ1) is 39.5. The number of fused-ring (bicyclic) bond motifs is 7. The number of benzene rings is 12. The molecule has 0 amide bonds. The Morgan fingerprint density at radius 3 is 1.52 bits per heavy atom. The van der Waals surface area contributed by atoms with Crippen molar-refractivity contribution in [2.75, 3.05) is 4.90 Å². The molecule has 1 aliphatic carbocycles. The Kier molecular flexibility index (Phi) is 11.9. The molecule has 0 spiro atoms. The lowest BCUT2D eigenvalue weighted by Crippen LogP contribution is -2.28. The number of aromatic nitrogens is 1. The molecule has 0 atom stereocenters. The first-order valence-corrected chi connectivity index (χ1v) is 28.6. The molecule has 0 saturated heterocycles. The Labute approximate surface area is 476 Å². The molecule has 0 unspecified atom stereocenters. The lowest BCUT2D eigenvalue weighted by molar-refractivity contribution is 0.569. The minimum atomic E-state index is -0.548. The summed E-state index contributed by atoms with van der Waals surface area (Å²) < 4.78 is 2.43. The van der Waals surface area contributed by atoms with Crippen molar-refractivity contribution in [3.8, 4) is 50.2 Å². The van der Waals surface area contributed by atoms with Gasteiger partial charge < -0.3 is 9.47 Å². The molecular formula is C79H64N2. The third-order valence-electron chi connectivity index (χ3n) is 17.2. The highest BCUT2D eigenvalue weighted by atomic mass is 15.1. The van der Waals surface area contributed by atoms with Gasteiger partial charge in [-0.2, -0.15) is 0 Å². The average Bonchev–Trinajstić information content (AvgIpc) is 3.93. The fraction of sp³-hybridized carbons (Fsp3) is 0.114. The zero-order chi connectivity index (χ0) is 55.0. The van der Waals surface area contributed by atoms with Crippen LogP contribution in [0, 0.1) is 0 Å². The van der Waals surface area contributed by atoms with E-state index in [0.717, 1.165) is 45.0 Å². The van der Waals surface area contributed by atoms with Crippen LogP contribution < -0.4 is 4.90 Å². The quantitative estimate of drug-likeness (QED) is 0.140. The van der Waals surface area contributed by atoms with Crippen molar-refractivity contribution in [1.82, 2.24) is 4.57 Å². The lowest BCUT2D eigenvalue weighted by Gasteiger charge is -2.34. The van der Waals surface area contributed by atoms with Crippen LogP contribution >= 0.6 is 0 Å². The van der Waals surface area contributed by atoms with E-state index in [9.17, 15) is 0 Å². The van der Waals surface area contributed by atoms with E-state index in [1.165, 1.54) is 88.3 Å². The summed E-state index contributed by atoms with van der Waals surface area (Å²) in [5, 5.41) is 4.88. The van der Waals surface area contributed by atoms with Crippen LogP contribution in [0.15, 0.2) is 279 Å². The van der Waals surface area contributed by atoms with Gasteiger partial charge in [0.1, 0.15) is 0 Å². The molecule has 0 bridgehead atoms. The van der Waals surface area contributed by atoms with Gasteiger partial charge in [0.25, 0.3) is 0 Å². The van der Waals surface area contributed by atoms with Crippen molar-refractivity contribution >= 4 is 49.6 Å². The monoisotopic (exact) mass is 1040 g/mol. The Bertz CT molecular complexity index is 4450. The number of anilines is 3. The van der Waals surface area contributed by atoms with Crippen molar-refractivity contribution in [3.63, 3.8) is 0 Å². The van der Waals surface area contributed by atoms with E-state index >= 15 is 0 Å². The van der Waals surface area contributed by atoms with E-state index in [4.69, 9.17) is 0 Å². The summed E-state index contributed by atoms with van der Waals surface area (Å²) in [5.74, 6) is 0. The molecule has 0 aliphatic heterocycles. The van der Waals surface area contributed by atoms with Crippen LogP contribution in [0.2, 0.25) is 0 Å². The normalized spacial score (nSPS) is 12.9. The van der Waals surface area contributed by atoms with Gasteiger partial charge in [0.05, 0.1) is 27.8 Å². The second kappa shape index (κ2) is 19.4. The van der Waals surface area contributed by atoms with Crippen LogP contribution in [-0.4, -0.2) is 4.57 Å². The molecule has 0 saturated carbocycles. The van der Waals surface area contributed by atoms with Gasteiger partial charge in [0.2, 0.25) is 0 Å². The molecule has 14 rings (SSSR count). The van der Waals surface area contributed by atoms with Crippen LogP contribution in [0.4, 0.5) is 17.1 Å². The molecule has 2 heteroatoms.